The quantitative estimate of drug-likeness (QED) is 0.878. The zero-order valence-corrected chi connectivity index (χ0v) is 13.9. The average Bonchev–Trinajstić information content (AvgIpc) is 2.45. The minimum Gasteiger partial charge on any atom is -0.385 e. The molecule has 1 aliphatic carbocycles. The van der Waals surface area contributed by atoms with Crippen molar-refractivity contribution >= 4 is 15.7 Å². The van der Waals surface area contributed by atoms with E-state index in [0.29, 0.717) is 16.7 Å². The van der Waals surface area contributed by atoms with Crippen molar-refractivity contribution in [2.24, 2.45) is 11.8 Å². The minimum atomic E-state index is -3.43. The van der Waals surface area contributed by atoms with E-state index in [9.17, 15) is 8.42 Å². The highest BCUT2D eigenvalue weighted by molar-refractivity contribution is 7.89. The summed E-state index contributed by atoms with van der Waals surface area (Å²) in [5, 5.41) is 3.17. The van der Waals surface area contributed by atoms with Crippen molar-refractivity contribution in [3.05, 3.63) is 24.3 Å². The zero-order valence-electron chi connectivity index (χ0n) is 13.1. The molecule has 1 saturated carbocycles. The third kappa shape index (κ3) is 3.98. The second-order valence-electron chi connectivity index (χ2n) is 6.05. The van der Waals surface area contributed by atoms with E-state index in [-0.39, 0.29) is 6.04 Å². The monoisotopic (exact) mass is 310 g/mol. The first kappa shape index (κ1) is 16.3. The van der Waals surface area contributed by atoms with E-state index in [4.69, 9.17) is 0 Å². The van der Waals surface area contributed by atoms with E-state index in [1.54, 1.807) is 12.1 Å². The van der Waals surface area contributed by atoms with Crippen LogP contribution in [-0.4, -0.2) is 21.0 Å². The standard InChI is InChI=1S/C16H26N2O2S/c1-4-17-14-8-10-15(11-9-14)21(19,20)18-16-7-5-6-12(2)13(16)3/h8-13,16-18H,4-7H2,1-3H3. The smallest absolute Gasteiger partial charge is 0.240 e. The lowest BCUT2D eigenvalue weighted by atomic mass is 9.78. The number of hydrogen-bond acceptors (Lipinski definition) is 3. The molecule has 1 aliphatic rings. The fourth-order valence-corrected chi connectivity index (χ4v) is 4.33. The van der Waals surface area contributed by atoms with Gasteiger partial charge in [-0.15, -0.1) is 0 Å². The van der Waals surface area contributed by atoms with E-state index in [1.807, 2.05) is 19.1 Å². The van der Waals surface area contributed by atoms with Crippen LogP contribution in [0.4, 0.5) is 5.69 Å². The molecule has 1 aromatic rings. The van der Waals surface area contributed by atoms with Gasteiger partial charge in [-0.2, -0.15) is 0 Å². The molecule has 0 spiro atoms. The van der Waals surface area contributed by atoms with Crippen molar-refractivity contribution in [3.63, 3.8) is 0 Å². The second kappa shape index (κ2) is 6.79. The van der Waals surface area contributed by atoms with Crippen LogP contribution in [-0.2, 0) is 10.0 Å². The van der Waals surface area contributed by atoms with Crippen LogP contribution in [0.3, 0.4) is 0 Å². The zero-order chi connectivity index (χ0) is 15.5. The molecule has 0 radical (unpaired) electrons. The molecule has 0 amide bonds. The Balaban J connectivity index is 2.10. The van der Waals surface area contributed by atoms with Gasteiger partial charge in [0.1, 0.15) is 0 Å². The van der Waals surface area contributed by atoms with Gasteiger partial charge in [-0.25, -0.2) is 13.1 Å². The Bertz CT molecular complexity index is 554. The Morgan fingerprint density at radius 1 is 1.14 bits per heavy atom. The number of nitrogens with one attached hydrogen (secondary N) is 2. The lowest BCUT2D eigenvalue weighted by Crippen LogP contribution is -2.43. The molecule has 0 heterocycles. The predicted octanol–water partition coefficient (Wildman–Crippen LogP) is 3.22. The summed E-state index contributed by atoms with van der Waals surface area (Å²) in [6.45, 7) is 7.18. The average molecular weight is 310 g/mol. The van der Waals surface area contributed by atoms with Crippen LogP contribution in [0.5, 0.6) is 0 Å². The summed E-state index contributed by atoms with van der Waals surface area (Å²) in [5.41, 5.74) is 0.941. The van der Waals surface area contributed by atoms with Crippen molar-refractivity contribution < 1.29 is 8.42 Å². The van der Waals surface area contributed by atoms with E-state index < -0.39 is 10.0 Å². The molecule has 3 atom stereocenters. The lowest BCUT2D eigenvalue weighted by molar-refractivity contribution is 0.227. The van der Waals surface area contributed by atoms with Gasteiger partial charge in [-0.1, -0.05) is 26.7 Å². The number of benzene rings is 1. The number of rotatable bonds is 5. The Kier molecular flexibility index (Phi) is 5.27. The Morgan fingerprint density at radius 2 is 1.81 bits per heavy atom. The molecule has 2 N–H and O–H groups in total. The molecule has 1 fully saturated rings. The second-order valence-corrected chi connectivity index (χ2v) is 7.76. The van der Waals surface area contributed by atoms with Crippen molar-refractivity contribution in [3.8, 4) is 0 Å². The number of hydrogen-bond donors (Lipinski definition) is 2. The van der Waals surface area contributed by atoms with Gasteiger partial charge in [0.15, 0.2) is 0 Å². The highest BCUT2D eigenvalue weighted by Crippen LogP contribution is 2.30. The van der Waals surface area contributed by atoms with Crippen LogP contribution < -0.4 is 10.0 Å². The van der Waals surface area contributed by atoms with Crippen molar-refractivity contribution in [2.75, 3.05) is 11.9 Å². The van der Waals surface area contributed by atoms with Crippen LogP contribution in [0.15, 0.2) is 29.2 Å². The van der Waals surface area contributed by atoms with Gasteiger partial charge in [0, 0.05) is 18.3 Å². The highest BCUT2D eigenvalue weighted by atomic mass is 32.2. The molecule has 5 heteroatoms. The number of sulfonamides is 1. The summed E-state index contributed by atoms with van der Waals surface area (Å²) < 4.78 is 27.9. The van der Waals surface area contributed by atoms with Crippen molar-refractivity contribution in [1.82, 2.24) is 4.72 Å². The summed E-state index contributed by atoms with van der Waals surface area (Å²) in [6.07, 6.45) is 3.22. The van der Waals surface area contributed by atoms with Crippen LogP contribution in [0.2, 0.25) is 0 Å². The molecule has 4 nitrogen and oxygen atoms in total. The van der Waals surface area contributed by atoms with E-state index >= 15 is 0 Å². The molecular formula is C16H26N2O2S. The third-order valence-corrected chi connectivity index (χ3v) is 6.06. The van der Waals surface area contributed by atoms with Crippen molar-refractivity contribution in [2.45, 2.75) is 51.0 Å². The van der Waals surface area contributed by atoms with Gasteiger partial charge in [0.25, 0.3) is 0 Å². The fraction of sp³-hybridized carbons (Fsp3) is 0.625. The van der Waals surface area contributed by atoms with Gasteiger partial charge >= 0.3 is 0 Å². The maximum absolute atomic E-state index is 12.5. The van der Waals surface area contributed by atoms with Crippen LogP contribution in [0, 0.1) is 11.8 Å². The fourth-order valence-electron chi connectivity index (χ4n) is 2.97. The maximum atomic E-state index is 12.5. The summed E-state index contributed by atoms with van der Waals surface area (Å²) in [4.78, 5) is 0.342. The van der Waals surface area contributed by atoms with Gasteiger partial charge in [-0.05, 0) is 49.4 Å². The van der Waals surface area contributed by atoms with Crippen LogP contribution in [0.25, 0.3) is 0 Å². The van der Waals surface area contributed by atoms with Gasteiger partial charge in [0.05, 0.1) is 4.90 Å². The van der Waals surface area contributed by atoms with Crippen molar-refractivity contribution in [1.29, 1.82) is 0 Å². The molecule has 3 unspecified atom stereocenters. The van der Waals surface area contributed by atoms with E-state index in [0.717, 1.165) is 25.1 Å². The molecule has 1 aromatic carbocycles. The predicted molar refractivity (Wildman–Crippen MR) is 86.9 cm³/mol. The first-order chi connectivity index (χ1) is 9.94. The molecule has 0 saturated heterocycles. The summed E-state index contributed by atoms with van der Waals surface area (Å²) in [7, 11) is -3.43. The highest BCUT2D eigenvalue weighted by Gasteiger charge is 2.30. The molecule has 118 valence electrons. The first-order valence-corrected chi connectivity index (χ1v) is 9.28. The SMILES string of the molecule is CCNc1ccc(S(=O)(=O)NC2CCCC(C)C2C)cc1. The topological polar surface area (TPSA) is 58.2 Å². The largest absolute Gasteiger partial charge is 0.385 e. The van der Waals surface area contributed by atoms with Gasteiger partial charge in [-0.3, -0.25) is 0 Å². The first-order valence-electron chi connectivity index (χ1n) is 7.80. The summed E-state index contributed by atoms with van der Waals surface area (Å²) in [5.74, 6) is 0.956. The lowest BCUT2D eigenvalue weighted by Gasteiger charge is -2.34. The third-order valence-electron chi connectivity index (χ3n) is 4.56. The maximum Gasteiger partial charge on any atom is 0.240 e. The summed E-state index contributed by atoms with van der Waals surface area (Å²) >= 11 is 0. The Labute approximate surface area is 128 Å². The minimum absolute atomic E-state index is 0.0483. The Morgan fingerprint density at radius 3 is 2.43 bits per heavy atom. The van der Waals surface area contributed by atoms with Gasteiger partial charge < -0.3 is 5.32 Å². The molecule has 0 aromatic heterocycles. The summed E-state index contributed by atoms with van der Waals surface area (Å²) in [6, 6.07) is 7.00. The molecule has 0 bridgehead atoms. The molecule has 2 rings (SSSR count). The van der Waals surface area contributed by atoms with Crippen LogP contribution >= 0.6 is 0 Å². The number of anilines is 1. The van der Waals surface area contributed by atoms with E-state index in [2.05, 4.69) is 23.9 Å². The normalized spacial score (nSPS) is 26.5. The molecule has 0 aliphatic heterocycles. The molecule has 21 heavy (non-hydrogen) atoms. The molecular weight excluding hydrogens is 284 g/mol. The Hall–Kier alpha value is -1.07. The van der Waals surface area contributed by atoms with Gasteiger partial charge in [0.2, 0.25) is 10.0 Å². The van der Waals surface area contributed by atoms with Crippen LogP contribution in [0.1, 0.15) is 40.0 Å². The van der Waals surface area contributed by atoms with E-state index in [1.165, 1.54) is 6.42 Å².